The Kier molecular flexibility index (Phi) is 5.54. The third-order valence-electron chi connectivity index (χ3n) is 4.39. The number of amides is 1. The number of nitrogens with zero attached hydrogens (tertiary/aromatic N) is 5. The normalized spacial score (nSPS) is 12.1. The van der Waals surface area contributed by atoms with E-state index in [1.165, 1.54) is 30.9 Å². The second kappa shape index (κ2) is 7.93. The van der Waals surface area contributed by atoms with Crippen LogP contribution < -0.4 is 5.32 Å². The predicted molar refractivity (Wildman–Crippen MR) is 94.6 cm³/mol. The molecule has 158 valence electrons. The van der Waals surface area contributed by atoms with E-state index < -0.39 is 52.2 Å². The maximum atomic E-state index is 13.8. The van der Waals surface area contributed by atoms with Crippen LogP contribution in [0.3, 0.4) is 0 Å². The molecule has 0 fully saturated rings. The standard InChI is InChI=1S/C17H14F4N6O3/c1-8-14(27(29)30)5-23-26(8)9(2)17(28)24-10-4-22-25(6-10)7-11-12(18)3-13(19)16(21)15(11)20/h3-6,9H,7H2,1-2H3,(H,24,28). The third kappa shape index (κ3) is 3.86. The molecule has 2 aromatic heterocycles. The van der Waals surface area contributed by atoms with E-state index >= 15 is 0 Å². The Balaban J connectivity index is 1.74. The molecule has 3 aromatic rings. The lowest BCUT2D eigenvalue weighted by Crippen LogP contribution is -2.25. The molecule has 1 atom stereocenters. The van der Waals surface area contributed by atoms with Gasteiger partial charge in [0, 0.05) is 17.8 Å². The largest absolute Gasteiger partial charge is 0.322 e. The van der Waals surface area contributed by atoms with Gasteiger partial charge in [-0.15, -0.1) is 0 Å². The molecule has 1 amide bonds. The lowest BCUT2D eigenvalue weighted by molar-refractivity contribution is -0.385. The van der Waals surface area contributed by atoms with E-state index in [0.29, 0.717) is 0 Å². The van der Waals surface area contributed by atoms with Gasteiger partial charge in [0.05, 0.1) is 23.4 Å². The van der Waals surface area contributed by atoms with Crippen LogP contribution in [0.15, 0.2) is 24.7 Å². The van der Waals surface area contributed by atoms with E-state index in [4.69, 9.17) is 0 Å². The van der Waals surface area contributed by atoms with Gasteiger partial charge in [0.25, 0.3) is 0 Å². The number of benzene rings is 1. The van der Waals surface area contributed by atoms with Crippen molar-refractivity contribution in [2.45, 2.75) is 26.4 Å². The van der Waals surface area contributed by atoms with Crippen molar-refractivity contribution in [1.29, 1.82) is 0 Å². The molecular formula is C17H14F4N6O3. The van der Waals surface area contributed by atoms with Gasteiger partial charge in [0.1, 0.15) is 23.7 Å². The molecule has 0 aliphatic carbocycles. The summed E-state index contributed by atoms with van der Waals surface area (Å²) in [7, 11) is 0. The lowest BCUT2D eigenvalue weighted by Gasteiger charge is -2.13. The maximum Gasteiger partial charge on any atom is 0.309 e. The Morgan fingerprint density at radius 1 is 1.20 bits per heavy atom. The Bertz CT molecular complexity index is 1140. The minimum atomic E-state index is -1.80. The topological polar surface area (TPSA) is 108 Å². The molecule has 2 heterocycles. The molecule has 30 heavy (non-hydrogen) atoms. The van der Waals surface area contributed by atoms with E-state index in [1.54, 1.807) is 0 Å². The minimum Gasteiger partial charge on any atom is -0.322 e. The molecule has 1 aromatic carbocycles. The van der Waals surface area contributed by atoms with Gasteiger partial charge < -0.3 is 5.32 Å². The third-order valence-corrected chi connectivity index (χ3v) is 4.39. The number of nitrogens with one attached hydrogen (secondary N) is 1. The molecule has 1 N–H and O–H groups in total. The fraction of sp³-hybridized carbons (Fsp3) is 0.235. The van der Waals surface area contributed by atoms with Crippen molar-refractivity contribution >= 4 is 17.3 Å². The predicted octanol–water partition coefficient (Wildman–Crippen LogP) is 3.10. The van der Waals surface area contributed by atoms with E-state index in [0.717, 1.165) is 10.9 Å². The van der Waals surface area contributed by atoms with Crippen LogP contribution in [0.5, 0.6) is 0 Å². The van der Waals surface area contributed by atoms with Gasteiger partial charge in [-0.05, 0) is 13.8 Å². The molecule has 0 saturated carbocycles. The summed E-state index contributed by atoms with van der Waals surface area (Å²) in [5, 5.41) is 21.0. The fourth-order valence-corrected chi connectivity index (χ4v) is 2.77. The summed E-state index contributed by atoms with van der Waals surface area (Å²) in [6.45, 7) is 2.36. The van der Waals surface area contributed by atoms with Gasteiger partial charge >= 0.3 is 5.69 Å². The van der Waals surface area contributed by atoms with Gasteiger partial charge in [-0.25, -0.2) is 17.6 Å². The van der Waals surface area contributed by atoms with E-state index in [2.05, 4.69) is 15.5 Å². The van der Waals surface area contributed by atoms with Crippen LogP contribution >= 0.6 is 0 Å². The van der Waals surface area contributed by atoms with Crippen molar-refractivity contribution in [1.82, 2.24) is 19.6 Å². The van der Waals surface area contributed by atoms with Crippen LogP contribution in [0.1, 0.15) is 24.2 Å². The van der Waals surface area contributed by atoms with Gasteiger partial charge in [0.15, 0.2) is 17.5 Å². The van der Waals surface area contributed by atoms with Crippen molar-refractivity contribution in [3.63, 3.8) is 0 Å². The van der Waals surface area contributed by atoms with Crippen molar-refractivity contribution in [2.24, 2.45) is 0 Å². The maximum absolute atomic E-state index is 13.8. The summed E-state index contributed by atoms with van der Waals surface area (Å²) in [5.74, 6) is -6.98. The summed E-state index contributed by atoms with van der Waals surface area (Å²) < 4.78 is 56.1. The van der Waals surface area contributed by atoms with Crippen molar-refractivity contribution in [3.8, 4) is 0 Å². The zero-order valence-electron chi connectivity index (χ0n) is 15.6. The molecule has 0 aliphatic rings. The number of carbonyl (C=O) groups excluding carboxylic acids is 1. The van der Waals surface area contributed by atoms with Gasteiger partial charge in [-0.3, -0.25) is 24.3 Å². The van der Waals surface area contributed by atoms with Crippen LogP contribution in [-0.2, 0) is 11.3 Å². The first-order valence-corrected chi connectivity index (χ1v) is 8.43. The first-order chi connectivity index (χ1) is 14.1. The second-order valence-corrected chi connectivity index (χ2v) is 6.36. The van der Waals surface area contributed by atoms with Gasteiger partial charge in [-0.2, -0.15) is 10.2 Å². The van der Waals surface area contributed by atoms with E-state index in [1.807, 2.05) is 0 Å². The Hall–Kier alpha value is -3.77. The van der Waals surface area contributed by atoms with Crippen molar-refractivity contribution in [3.05, 3.63) is 69.3 Å². The highest BCUT2D eigenvalue weighted by Crippen LogP contribution is 2.22. The second-order valence-electron chi connectivity index (χ2n) is 6.36. The zero-order valence-corrected chi connectivity index (χ0v) is 15.6. The number of rotatable bonds is 6. The van der Waals surface area contributed by atoms with Crippen LogP contribution in [0.4, 0.5) is 28.9 Å². The van der Waals surface area contributed by atoms with Gasteiger partial charge in [0.2, 0.25) is 5.91 Å². The number of anilines is 1. The zero-order chi connectivity index (χ0) is 22.2. The molecule has 0 spiro atoms. The molecule has 3 rings (SSSR count). The Morgan fingerprint density at radius 3 is 2.53 bits per heavy atom. The van der Waals surface area contributed by atoms with Crippen molar-refractivity contribution in [2.75, 3.05) is 5.32 Å². The molecule has 13 heteroatoms. The number of nitro groups is 1. The fourth-order valence-electron chi connectivity index (χ4n) is 2.77. The number of hydrogen-bond donors (Lipinski definition) is 1. The molecule has 0 radical (unpaired) electrons. The SMILES string of the molecule is Cc1c([N+](=O)[O-])cnn1C(C)C(=O)Nc1cnn(Cc2c(F)cc(F)c(F)c2F)c1. The molecule has 0 saturated heterocycles. The highest BCUT2D eigenvalue weighted by atomic mass is 19.2. The number of halogens is 4. The first-order valence-electron chi connectivity index (χ1n) is 8.43. The molecule has 0 aliphatic heterocycles. The van der Waals surface area contributed by atoms with Gasteiger partial charge in [-0.1, -0.05) is 0 Å². The summed E-state index contributed by atoms with van der Waals surface area (Å²) in [6.07, 6.45) is 3.43. The summed E-state index contributed by atoms with van der Waals surface area (Å²) in [5.41, 5.74) is -0.641. The summed E-state index contributed by atoms with van der Waals surface area (Å²) >= 11 is 0. The molecule has 9 nitrogen and oxygen atoms in total. The summed E-state index contributed by atoms with van der Waals surface area (Å²) in [4.78, 5) is 22.7. The Labute approximate surface area is 166 Å². The average molecular weight is 426 g/mol. The van der Waals surface area contributed by atoms with E-state index in [9.17, 15) is 32.5 Å². The quantitative estimate of drug-likeness (QED) is 0.214. The lowest BCUT2D eigenvalue weighted by atomic mass is 10.2. The number of hydrogen-bond acceptors (Lipinski definition) is 5. The monoisotopic (exact) mass is 426 g/mol. The van der Waals surface area contributed by atoms with E-state index in [-0.39, 0.29) is 23.1 Å². The van der Waals surface area contributed by atoms with Crippen LogP contribution in [-0.4, -0.2) is 30.4 Å². The first kappa shape index (κ1) is 21.0. The highest BCUT2D eigenvalue weighted by molar-refractivity contribution is 5.93. The summed E-state index contributed by atoms with van der Waals surface area (Å²) in [6, 6.07) is -0.684. The molecule has 1 unspecified atom stereocenters. The smallest absolute Gasteiger partial charge is 0.309 e. The average Bonchev–Trinajstić information content (AvgIpc) is 3.29. The minimum absolute atomic E-state index is 0.148. The Morgan fingerprint density at radius 2 is 1.90 bits per heavy atom. The molecular weight excluding hydrogens is 412 g/mol. The van der Waals surface area contributed by atoms with Crippen molar-refractivity contribution < 1.29 is 27.3 Å². The van der Waals surface area contributed by atoms with Crippen LogP contribution in [0.25, 0.3) is 0 Å². The van der Waals surface area contributed by atoms with Crippen LogP contribution in [0, 0.1) is 40.3 Å². The number of carbonyl (C=O) groups is 1. The highest BCUT2D eigenvalue weighted by Gasteiger charge is 2.24. The number of aromatic nitrogens is 4. The molecule has 0 bridgehead atoms. The van der Waals surface area contributed by atoms with Crippen LogP contribution in [0.2, 0.25) is 0 Å².